The first-order valence-corrected chi connectivity index (χ1v) is 4.63. The van der Waals surface area contributed by atoms with E-state index in [0.717, 1.165) is 25.1 Å². The summed E-state index contributed by atoms with van der Waals surface area (Å²) in [5, 5.41) is 3.28. The lowest BCUT2D eigenvalue weighted by molar-refractivity contribution is 0.0755. The number of hydrogen-bond donors (Lipinski definition) is 1. The normalized spacial score (nSPS) is 21.9. The standard InChI is InChI=1S/C10H12N2O2/c13-6-8-2-1-3-9(12-8)10-7-14-5-4-11-10/h1-3,6,10-11H,4-5,7H2. The van der Waals surface area contributed by atoms with Gasteiger partial charge in [-0.15, -0.1) is 0 Å². The summed E-state index contributed by atoms with van der Waals surface area (Å²) in [6.07, 6.45) is 0.757. The molecule has 1 unspecified atom stereocenters. The molecule has 0 bridgehead atoms. The summed E-state index contributed by atoms with van der Waals surface area (Å²) >= 11 is 0. The molecule has 0 amide bonds. The molecule has 1 aromatic rings. The number of morpholine rings is 1. The lowest BCUT2D eigenvalue weighted by Crippen LogP contribution is -2.35. The summed E-state index contributed by atoms with van der Waals surface area (Å²) in [6.45, 7) is 2.19. The van der Waals surface area contributed by atoms with Gasteiger partial charge < -0.3 is 10.1 Å². The molecule has 0 radical (unpaired) electrons. The Labute approximate surface area is 82.3 Å². The van der Waals surface area contributed by atoms with Crippen LogP contribution in [0.3, 0.4) is 0 Å². The predicted molar refractivity (Wildman–Crippen MR) is 51.2 cm³/mol. The third kappa shape index (κ3) is 1.97. The van der Waals surface area contributed by atoms with Crippen LogP contribution >= 0.6 is 0 Å². The van der Waals surface area contributed by atoms with E-state index in [1.807, 2.05) is 12.1 Å². The Morgan fingerprint density at radius 2 is 2.50 bits per heavy atom. The molecule has 1 atom stereocenters. The van der Waals surface area contributed by atoms with Crippen LogP contribution in [0.4, 0.5) is 0 Å². The Kier molecular flexibility index (Phi) is 2.86. The second kappa shape index (κ2) is 4.30. The van der Waals surface area contributed by atoms with Gasteiger partial charge in [0.15, 0.2) is 6.29 Å². The van der Waals surface area contributed by atoms with Crippen LogP contribution < -0.4 is 5.32 Å². The lowest BCUT2D eigenvalue weighted by atomic mass is 10.1. The van der Waals surface area contributed by atoms with Gasteiger partial charge in [-0.1, -0.05) is 6.07 Å². The number of pyridine rings is 1. The summed E-state index contributed by atoms with van der Waals surface area (Å²) < 4.78 is 5.32. The number of ether oxygens (including phenoxy) is 1. The van der Waals surface area contributed by atoms with Crippen molar-refractivity contribution in [1.29, 1.82) is 0 Å². The first-order valence-electron chi connectivity index (χ1n) is 4.63. The van der Waals surface area contributed by atoms with Gasteiger partial charge in [-0.25, -0.2) is 4.98 Å². The number of aldehydes is 1. The molecular weight excluding hydrogens is 180 g/mol. The number of hydrogen-bond acceptors (Lipinski definition) is 4. The van der Waals surface area contributed by atoms with Gasteiger partial charge in [0, 0.05) is 6.54 Å². The highest BCUT2D eigenvalue weighted by Gasteiger charge is 2.16. The first kappa shape index (κ1) is 9.30. The van der Waals surface area contributed by atoms with Crippen molar-refractivity contribution in [1.82, 2.24) is 10.3 Å². The van der Waals surface area contributed by atoms with E-state index in [1.165, 1.54) is 0 Å². The second-order valence-electron chi connectivity index (χ2n) is 3.19. The first-order chi connectivity index (χ1) is 6.90. The smallest absolute Gasteiger partial charge is 0.168 e. The van der Waals surface area contributed by atoms with Crippen LogP contribution in [0.15, 0.2) is 18.2 Å². The van der Waals surface area contributed by atoms with Crippen molar-refractivity contribution in [2.45, 2.75) is 6.04 Å². The summed E-state index contributed by atoms with van der Waals surface area (Å²) in [5.74, 6) is 0. The maximum Gasteiger partial charge on any atom is 0.168 e. The molecule has 0 spiro atoms. The SMILES string of the molecule is O=Cc1cccc(C2COCCN2)n1. The van der Waals surface area contributed by atoms with Crippen LogP contribution in [0.2, 0.25) is 0 Å². The van der Waals surface area contributed by atoms with Crippen molar-refractivity contribution in [2.24, 2.45) is 0 Å². The molecule has 2 heterocycles. The Morgan fingerprint density at radius 1 is 1.57 bits per heavy atom. The average molecular weight is 192 g/mol. The van der Waals surface area contributed by atoms with Gasteiger partial charge in [0.25, 0.3) is 0 Å². The van der Waals surface area contributed by atoms with E-state index in [0.29, 0.717) is 12.3 Å². The highest BCUT2D eigenvalue weighted by atomic mass is 16.5. The van der Waals surface area contributed by atoms with E-state index in [2.05, 4.69) is 10.3 Å². The topological polar surface area (TPSA) is 51.2 Å². The van der Waals surface area contributed by atoms with Crippen LogP contribution in [-0.4, -0.2) is 31.0 Å². The van der Waals surface area contributed by atoms with Gasteiger partial charge in [-0.3, -0.25) is 4.79 Å². The molecule has 1 aliphatic rings. The van der Waals surface area contributed by atoms with Crippen molar-refractivity contribution in [2.75, 3.05) is 19.8 Å². The second-order valence-corrected chi connectivity index (χ2v) is 3.19. The van der Waals surface area contributed by atoms with E-state index >= 15 is 0 Å². The molecule has 0 aliphatic carbocycles. The molecular formula is C10H12N2O2. The number of nitrogens with one attached hydrogen (secondary N) is 1. The molecule has 4 nitrogen and oxygen atoms in total. The van der Waals surface area contributed by atoms with Gasteiger partial charge in [0.05, 0.1) is 24.9 Å². The highest BCUT2D eigenvalue weighted by Crippen LogP contribution is 2.12. The minimum absolute atomic E-state index is 0.114. The van der Waals surface area contributed by atoms with Crippen LogP contribution in [0, 0.1) is 0 Å². The number of rotatable bonds is 2. The number of carbonyl (C=O) groups excluding carboxylic acids is 1. The number of nitrogens with zero attached hydrogens (tertiary/aromatic N) is 1. The number of carbonyl (C=O) groups is 1. The Balaban J connectivity index is 2.17. The third-order valence-electron chi connectivity index (χ3n) is 2.19. The van der Waals surface area contributed by atoms with E-state index in [-0.39, 0.29) is 6.04 Å². The van der Waals surface area contributed by atoms with E-state index < -0.39 is 0 Å². The third-order valence-corrected chi connectivity index (χ3v) is 2.19. The summed E-state index contributed by atoms with van der Waals surface area (Å²) in [5.41, 5.74) is 1.34. The molecule has 14 heavy (non-hydrogen) atoms. The van der Waals surface area contributed by atoms with Gasteiger partial charge in [-0.05, 0) is 12.1 Å². The van der Waals surface area contributed by atoms with Gasteiger partial charge in [0.2, 0.25) is 0 Å². The fourth-order valence-electron chi connectivity index (χ4n) is 1.48. The van der Waals surface area contributed by atoms with Gasteiger partial charge in [-0.2, -0.15) is 0 Å². The predicted octanol–water partition coefficient (Wildman–Crippen LogP) is 0.555. The zero-order valence-corrected chi connectivity index (χ0v) is 7.77. The summed E-state index contributed by atoms with van der Waals surface area (Å²) in [6, 6.07) is 5.55. The molecule has 2 rings (SSSR count). The minimum Gasteiger partial charge on any atom is -0.378 e. The van der Waals surface area contributed by atoms with Crippen molar-refractivity contribution in [3.63, 3.8) is 0 Å². The highest BCUT2D eigenvalue weighted by molar-refractivity contribution is 5.71. The molecule has 1 aliphatic heterocycles. The van der Waals surface area contributed by atoms with Gasteiger partial charge in [0.1, 0.15) is 5.69 Å². The fraction of sp³-hybridized carbons (Fsp3) is 0.400. The maximum atomic E-state index is 10.5. The summed E-state index contributed by atoms with van der Waals surface area (Å²) in [7, 11) is 0. The van der Waals surface area contributed by atoms with E-state index in [9.17, 15) is 4.79 Å². The average Bonchev–Trinajstić information content (AvgIpc) is 2.30. The molecule has 74 valence electrons. The maximum absolute atomic E-state index is 10.5. The molecule has 4 heteroatoms. The molecule has 1 saturated heterocycles. The van der Waals surface area contributed by atoms with Gasteiger partial charge >= 0.3 is 0 Å². The van der Waals surface area contributed by atoms with Crippen LogP contribution in [0.1, 0.15) is 22.2 Å². The Hall–Kier alpha value is -1.26. The largest absolute Gasteiger partial charge is 0.378 e. The zero-order chi connectivity index (χ0) is 9.80. The fourth-order valence-corrected chi connectivity index (χ4v) is 1.48. The molecule has 0 aromatic carbocycles. The minimum atomic E-state index is 0.114. The summed E-state index contributed by atoms with van der Waals surface area (Å²) in [4.78, 5) is 14.7. The molecule has 1 fully saturated rings. The van der Waals surface area contributed by atoms with Crippen LogP contribution in [-0.2, 0) is 4.74 Å². The van der Waals surface area contributed by atoms with Crippen molar-refractivity contribution in [3.8, 4) is 0 Å². The van der Waals surface area contributed by atoms with Crippen molar-refractivity contribution in [3.05, 3.63) is 29.6 Å². The molecule has 0 saturated carbocycles. The lowest BCUT2D eigenvalue weighted by Gasteiger charge is -2.23. The van der Waals surface area contributed by atoms with Crippen molar-refractivity contribution >= 4 is 6.29 Å². The van der Waals surface area contributed by atoms with Crippen LogP contribution in [0.5, 0.6) is 0 Å². The monoisotopic (exact) mass is 192 g/mol. The molecule has 1 aromatic heterocycles. The van der Waals surface area contributed by atoms with Crippen LogP contribution in [0.25, 0.3) is 0 Å². The Bertz CT molecular complexity index is 322. The van der Waals surface area contributed by atoms with Crippen molar-refractivity contribution < 1.29 is 9.53 Å². The number of aromatic nitrogens is 1. The van der Waals surface area contributed by atoms with E-state index in [1.54, 1.807) is 6.07 Å². The zero-order valence-electron chi connectivity index (χ0n) is 7.77. The molecule has 1 N–H and O–H groups in total. The quantitative estimate of drug-likeness (QED) is 0.695. The van der Waals surface area contributed by atoms with E-state index in [4.69, 9.17) is 4.74 Å². The Morgan fingerprint density at radius 3 is 3.21 bits per heavy atom.